The van der Waals surface area contributed by atoms with Crippen molar-refractivity contribution in [2.75, 3.05) is 19.6 Å². The number of benzene rings is 1. The zero-order chi connectivity index (χ0) is 15.6. The number of rotatable bonds is 3. The van der Waals surface area contributed by atoms with Crippen molar-refractivity contribution in [1.29, 1.82) is 0 Å². The van der Waals surface area contributed by atoms with Gasteiger partial charge in [-0.05, 0) is 56.2 Å². The molecule has 0 spiro atoms. The van der Waals surface area contributed by atoms with Crippen LogP contribution in [-0.2, 0) is 6.54 Å². The Hall–Kier alpha value is -0.860. The molecule has 0 amide bonds. The van der Waals surface area contributed by atoms with E-state index in [1.807, 2.05) is 0 Å². The average Bonchev–Trinajstić information content (AvgIpc) is 3.06. The van der Waals surface area contributed by atoms with Gasteiger partial charge in [0.05, 0.1) is 0 Å². The first-order valence-electron chi connectivity index (χ1n) is 9.85. The van der Waals surface area contributed by atoms with E-state index in [4.69, 9.17) is 0 Å². The van der Waals surface area contributed by atoms with Crippen LogP contribution in [0.2, 0.25) is 0 Å². The molecule has 0 bridgehead atoms. The molecule has 2 heterocycles. The normalized spacial score (nSPS) is 30.5. The van der Waals surface area contributed by atoms with Crippen molar-refractivity contribution < 1.29 is 0 Å². The van der Waals surface area contributed by atoms with Gasteiger partial charge in [-0.25, -0.2) is 0 Å². The molecule has 0 aromatic heterocycles. The Labute approximate surface area is 141 Å². The lowest BCUT2D eigenvalue weighted by Gasteiger charge is -2.49. The van der Waals surface area contributed by atoms with Gasteiger partial charge in [0.25, 0.3) is 0 Å². The monoisotopic (exact) mass is 312 g/mol. The zero-order valence-electron chi connectivity index (χ0n) is 14.7. The number of nitrogens with zero attached hydrogens (tertiary/aromatic N) is 2. The molecule has 1 aromatic carbocycles. The Morgan fingerprint density at radius 3 is 2.57 bits per heavy atom. The van der Waals surface area contributed by atoms with E-state index in [-0.39, 0.29) is 0 Å². The quantitative estimate of drug-likeness (QED) is 0.824. The van der Waals surface area contributed by atoms with Crippen molar-refractivity contribution in [3.63, 3.8) is 0 Å². The molecule has 0 unspecified atom stereocenters. The predicted octanol–water partition coefficient (Wildman–Crippen LogP) is 4.22. The highest BCUT2D eigenvalue weighted by Crippen LogP contribution is 2.38. The minimum Gasteiger partial charge on any atom is -0.298 e. The van der Waals surface area contributed by atoms with Crippen LogP contribution in [0.5, 0.6) is 0 Å². The molecule has 4 rings (SSSR count). The van der Waals surface area contributed by atoms with Gasteiger partial charge in [0.15, 0.2) is 0 Å². The predicted molar refractivity (Wildman–Crippen MR) is 96.5 cm³/mol. The van der Waals surface area contributed by atoms with Crippen molar-refractivity contribution in [3.8, 4) is 0 Å². The van der Waals surface area contributed by atoms with Gasteiger partial charge in [0, 0.05) is 31.7 Å². The Morgan fingerprint density at radius 2 is 1.74 bits per heavy atom. The van der Waals surface area contributed by atoms with Gasteiger partial charge in [-0.3, -0.25) is 9.80 Å². The van der Waals surface area contributed by atoms with E-state index in [1.165, 1.54) is 70.1 Å². The van der Waals surface area contributed by atoms with Gasteiger partial charge in [-0.15, -0.1) is 0 Å². The van der Waals surface area contributed by atoms with E-state index in [2.05, 4.69) is 41.0 Å². The van der Waals surface area contributed by atoms with E-state index >= 15 is 0 Å². The van der Waals surface area contributed by atoms with Crippen LogP contribution in [-0.4, -0.2) is 41.5 Å². The van der Waals surface area contributed by atoms with E-state index in [0.717, 1.165) is 24.5 Å². The maximum atomic E-state index is 2.87. The summed E-state index contributed by atoms with van der Waals surface area (Å²) in [6.45, 7) is 7.35. The fraction of sp³-hybridized carbons (Fsp3) is 0.714. The first-order valence-corrected chi connectivity index (χ1v) is 9.85. The molecule has 0 N–H and O–H groups in total. The fourth-order valence-electron chi connectivity index (χ4n) is 5.44. The molecule has 2 atom stereocenters. The molecule has 126 valence electrons. The molecule has 2 aliphatic heterocycles. The third kappa shape index (κ3) is 3.21. The largest absolute Gasteiger partial charge is 0.298 e. The topological polar surface area (TPSA) is 6.48 Å². The number of hydrogen-bond acceptors (Lipinski definition) is 2. The summed E-state index contributed by atoms with van der Waals surface area (Å²) in [5, 5.41) is 0. The maximum absolute atomic E-state index is 2.87. The second-order valence-electron chi connectivity index (χ2n) is 8.03. The van der Waals surface area contributed by atoms with Crippen LogP contribution in [0.1, 0.15) is 56.1 Å². The summed E-state index contributed by atoms with van der Waals surface area (Å²) >= 11 is 0. The lowest BCUT2D eigenvalue weighted by molar-refractivity contribution is -0.00389. The molecule has 1 saturated carbocycles. The number of aryl methyl sites for hydroxylation is 1. The smallest absolute Gasteiger partial charge is 0.0283 e. The summed E-state index contributed by atoms with van der Waals surface area (Å²) in [6, 6.07) is 10.7. The Bertz CT molecular complexity index is 520. The summed E-state index contributed by atoms with van der Waals surface area (Å²) < 4.78 is 0. The molecule has 3 fully saturated rings. The van der Waals surface area contributed by atoms with Crippen LogP contribution in [0.3, 0.4) is 0 Å². The molecule has 1 aromatic rings. The first kappa shape index (κ1) is 15.7. The van der Waals surface area contributed by atoms with Crippen LogP contribution in [0, 0.1) is 12.8 Å². The van der Waals surface area contributed by atoms with Gasteiger partial charge in [0.2, 0.25) is 0 Å². The van der Waals surface area contributed by atoms with Crippen molar-refractivity contribution in [2.24, 2.45) is 5.92 Å². The molecular formula is C21H32N2. The molecule has 2 nitrogen and oxygen atoms in total. The zero-order valence-corrected chi connectivity index (χ0v) is 14.7. The van der Waals surface area contributed by atoms with Gasteiger partial charge < -0.3 is 0 Å². The third-order valence-corrected chi connectivity index (χ3v) is 6.67. The van der Waals surface area contributed by atoms with Gasteiger partial charge >= 0.3 is 0 Å². The molecule has 0 radical (unpaired) electrons. The highest BCUT2D eigenvalue weighted by molar-refractivity contribution is 5.25. The van der Waals surface area contributed by atoms with Crippen molar-refractivity contribution in [3.05, 3.63) is 35.4 Å². The van der Waals surface area contributed by atoms with Crippen molar-refractivity contribution in [1.82, 2.24) is 9.80 Å². The second kappa shape index (κ2) is 6.94. The van der Waals surface area contributed by atoms with Crippen LogP contribution in [0.15, 0.2) is 24.3 Å². The molecule has 2 saturated heterocycles. The van der Waals surface area contributed by atoms with Crippen LogP contribution >= 0.6 is 0 Å². The van der Waals surface area contributed by atoms with Gasteiger partial charge in [-0.2, -0.15) is 0 Å². The van der Waals surface area contributed by atoms with E-state index < -0.39 is 0 Å². The SMILES string of the molecule is Cc1ccccc1CN1CCN2CCC[C@@H]2[C@@H]1C1CCCCC1. The number of hydrogen-bond donors (Lipinski definition) is 0. The summed E-state index contributed by atoms with van der Waals surface area (Å²) in [4.78, 5) is 5.68. The van der Waals surface area contributed by atoms with Gasteiger partial charge in [0.1, 0.15) is 0 Å². The molecule has 3 aliphatic rings. The minimum atomic E-state index is 0.811. The summed E-state index contributed by atoms with van der Waals surface area (Å²) in [5.74, 6) is 0.943. The van der Waals surface area contributed by atoms with Crippen molar-refractivity contribution >= 4 is 0 Å². The lowest BCUT2D eigenvalue weighted by Crippen LogP contribution is -2.59. The summed E-state index contributed by atoms with van der Waals surface area (Å²) in [7, 11) is 0. The van der Waals surface area contributed by atoms with E-state index in [9.17, 15) is 0 Å². The van der Waals surface area contributed by atoms with Crippen molar-refractivity contribution in [2.45, 2.75) is 70.5 Å². The fourth-order valence-corrected chi connectivity index (χ4v) is 5.44. The molecule has 23 heavy (non-hydrogen) atoms. The molecule has 1 aliphatic carbocycles. The highest BCUT2D eigenvalue weighted by Gasteiger charge is 2.42. The first-order chi connectivity index (χ1) is 11.3. The molecule has 2 heteroatoms. The number of piperazine rings is 1. The molecular weight excluding hydrogens is 280 g/mol. The Morgan fingerprint density at radius 1 is 0.913 bits per heavy atom. The maximum Gasteiger partial charge on any atom is 0.0283 e. The minimum absolute atomic E-state index is 0.811. The summed E-state index contributed by atoms with van der Waals surface area (Å²) in [5.41, 5.74) is 3.00. The summed E-state index contributed by atoms with van der Waals surface area (Å²) in [6.07, 6.45) is 10.2. The van der Waals surface area contributed by atoms with Crippen LogP contribution in [0.25, 0.3) is 0 Å². The lowest BCUT2D eigenvalue weighted by atomic mass is 9.78. The van der Waals surface area contributed by atoms with E-state index in [0.29, 0.717) is 0 Å². The average molecular weight is 313 g/mol. The van der Waals surface area contributed by atoms with Crippen LogP contribution in [0.4, 0.5) is 0 Å². The number of fused-ring (bicyclic) bond motifs is 1. The van der Waals surface area contributed by atoms with E-state index in [1.54, 1.807) is 5.56 Å². The Kier molecular flexibility index (Phi) is 4.73. The standard InChI is InChI=1S/C21H32N2/c1-17-8-5-6-11-19(17)16-23-15-14-22-13-7-12-20(22)21(23)18-9-3-2-4-10-18/h5-6,8,11,18,20-21H,2-4,7,9-10,12-16H2,1H3/t20-,21+/m1/s1. The van der Waals surface area contributed by atoms with Gasteiger partial charge in [-0.1, -0.05) is 43.5 Å². The Balaban J connectivity index is 1.56. The second-order valence-corrected chi connectivity index (χ2v) is 8.03. The third-order valence-electron chi connectivity index (χ3n) is 6.67. The highest BCUT2D eigenvalue weighted by atomic mass is 15.3. The van der Waals surface area contributed by atoms with Crippen LogP contribution < -0.4 is 0 Å².